The van der Waals surface area contributed by atoms with Gasteiger partial charge in [-0.3, -0.25) is 10.1 Å². The molecule has 1 aromatic heterocycles. The number of fused-ring (bicyclic) bond motifs is 1. The van der Waals surface area contributed by atoms with E-state index in [-0.39, 0.29) is 30.8 Å². The maximum atomic E-state index is 12.8. The predicted octanol–water partition coefficient (Wildman–Crippen LogP) is 4.10. The van der Waals surface area contributed by atoms with Crippen LogP contribution in [0.1, 0.15) is 51.7 Å². The van der Waals surface area contributed by atoms with E-state index in [9.17, 15) is 19.8 Å². The fourth-order valence-electron chi connectivity index (χ4n) is 6.63. The van der Waals surface area contributed by atoms with E-state index in [2.05, 4.69) is 17.6 Å². The van der Waals surface area contributed by atoms with Crippen LogP contribution in [0.5, 0.6) is 5.75 Å². The van der Waals surface area contributed by atoms with Crippen LogP contribution in [-0.2, 0) is 16.1 Å². The molecule has 1 aromatic carbocycles. The van der Waals surface area contributed by atoms with Crippen molar-refractivity contribution in [2.75, 3.05) is 19.0 Å². The highest BCUT2D eigenvalue weighted by Gasteiger charge is 2.60. The lowest BCUT2D eigenvalue weighted by molar-refractivity contribution is -0.185. The van der Waals surface area contributed by atoms with Gasteiger partial charge in [0.1, 0.15) is 17.6 Å². The molecule has 2 aromatic rings. The molecule has 0 saturated heterocycles. The minimum absolute atomic E-state index is 0.0420. The molecule has 9 nitrogen and oxygen atoms in total. The highest BCUT2D eigenvalue weighted by Crippen LogP contribution is 2.61. The van der Waals surface area contributed by atoms with Gasteiger partial charge in [-0.2, -0.15) is 0 Å². The molecule has 0 unspecified atom stereocenters. The van der Waals surface area contributed by atoms with E-state index in [1.165, 1.54) is 0 Å². The van der Waals surface area contributed by atoms with Gasteiger partial charge >= 0.3 is 6.09 Å². The molecular formula is C28H38N2O7. The number of ether oxygens (including phenoxy) is 2. The number of aliphatic hydroxyl groups is 2. The maximum absolute atomic E-state index is 12.8. The molecule has 2 aliphatic rings. The van der Waals surface area contributed by atoms with Crippen LogP contribution in [0.25, 0.3) is 0 Å². The molecule has 2 amide bonds. The maximum Gasteiger partial charge on any atom is 0.411 e. The lowest BCUT2D eigenvalue weighted by atomic mass is 9.46. The summed E-state index contributed by atoms with van der Waals surface area (Å²) in [7, 11) is 1.56. The van der Waals surface area contributed by atoms with Crippen molar-refractivity contribution in [3.8, 4) is 5.75 Å². The third-order valence-electron chi connectivity index (χ3n) is 8.69. The van der Waals surface area contributed by atoms with Gasteiger partial charge in [-0.05, 0) is 67.2 Å². The van der Waals surface area contributed by atoms with E-state index >= 15 is 0 Å². The molecule has 0 bridgehead atoms. The number of anilines is 1. The van der Waals surface area contributed by atoms with Gasteiger partial charge in [-0.15, -0.1) is 0 Å². The molecule has 1 heterocycles. The first-order valence-electron chi connectivity index (χ1n) is 12.9. The van der Waals surface area contributed by atoms with Gasteiger partial charge in [0.15, 0.2) is 0 Å². The molecule has 2 saturated carbocycles. The molecule has 4 rings (SSSR count). The molecule has 37 heavy (non-hydrogen) atoms. The summed E-state index contributed by atoms with van der Waals surface area (Å²) in [6.07, 6.45) is 2.41. The van der Waals surface area contributed by atoms with Crippen molar-refractivity contribution >= 4 is 17.7 Å². The van der Waals surface area contributed by atoms with Crippen LogP contribution in [0.2, 0.25) is 0 Å². The molecule has 0 aliphatic heterocycles. The Labute approximate surface area is 217 Å². The van der Waals surface area contributed by atoms with Crippen molar-refractivity contribution in [1.82, 2.24) is 5.32 Å². The molecule has 9 heteroatoms. The van der Waals surface area contributed by atoms with Gasteiger partial charge in [0.25, 0.3) is 0 Å². The molecule has 6 atom stereocenters. The number of carbonyl (C=O) groups is 2. The summed E-state index contributed by atoms with van der Waals surface area (Å²) < 4.78 is 16.4. The van der Waals surface area contributed by atoms with Crippen LogP contribution >= 0.6 is 0 Å². The quantitative estimate of drug-likeness (QED) is 0.417. The van der Waals surface area contributed by atoms with Crippen molar-refractivity contribution in [3.05, 3.63) is 48.4 Å². The average molecular weight is 515 g/mol. The third kappa shape index (κ3) is 5.62. The summed E-state index contributed by atoms with van der Waals surface area (Å²) in [4.78, 5) is 25.6. The molecule has 2 aliphatic carbocycles. The zero-order valence-electron chi connectivity index (χ0n) is 21.7. The Bertz CT molecular complexity index is 1070. The second-order valence-electron chi connectivity index (χ2n) is 10.8. The molecule has 0 radical (unpaired) electrons. The lowest BCUT2D eigenvalue weighted by Gasteiger charge is -2.60. The highest BCUT2D eigenvalue weighted by molar-refractivity contribution is 5.85. The van der Waals surface area contributed by atoms with Crippen molar-refractivity contribution in [1.29, 1.82) is 0 Å². The monoisotopic (exact) mass is 514 g/mol. The van der Waals surface area contributed by atoms with Crippen LogP contribution in [0.3, 0.4) is 0 Å². The number of carbonyl (C=O) groups excluding carboxylic acids is 2. The first-order valence-corrected chi connectivity index (χ1v) is 12.9. The summed E-state index contributed by atoms with van der Waals surface area (Å²) in [5.41, 5.74) is -0.570. The number of rotatable bonds is 8. The van der Waals surface area contributed by atoms with Crippen molar-refractivity contribution in [2.45, 2.75) is 64.7 Å². The van der Waals surface area contributed by atoms with Crippen molar-refractivity contribution < 1.29 is 33.7 Å². The molecule has 2 fully saturated rings. The second kappa shape index (κ2) is 11.1. The number of nitrogens with one attached hydrogen (secondary N) is 2. The van der Waals surface area contributed by atoms with Crippen LogP contribution in [0.4, 0.5) is 10.5 Å². The number of hydrogen-bond donors (Lipinski definition) is 4. The minimum Gasteiger partial charge on any atom is -0.497 e. The standard InChI is InChI=1S/C28H38N2O7/c1-27-12-11-24(37-26(34)30-18-6-4-7-19(14-18)35-3)28(2,17-31)23(27)10-9-22(32)21(27)15-25(33)29-16-20-8-5-13-36-20/h4-8,13-14,21-24,31-32H,9-12,15-17H2,1-3H3,(H,29,33)(H,30,34)/t21-,22-,23-,24-,27+,28+/m1/s1. The first kappa shape index (κ1) is 27.0. The SMILES string of the molecule is COc1cccc(NC(=O)O[C@@H]2CC[C@]3(C)[C@@H](CC[C@@H](O)[C@H]3CC(=O)NCc3ccco3)[C@]2(C)CO)c1. The Hall–Kier alpha value is -3.04. The van der Waals surface area contributed by atoms with Gasteiger partial charge < -0.3 is 29.4 Å². The summed E-state index contributed by atoms with van der Waals surface area (Å²) >= 11 is 0. The number of aliphatic hydroxyl groups excluding tert-OH is 2. The number of furan rings is 1. The van der Waals surface area contributed by atoms with E-state index in [4.69, 9.17) is 13.9 Å². The summed E-state index contributed by atoms with van der Waals surface area (Å²) in [5, 5.41) is 27.2. The topological polar surface area (TPSA) is 130 Å². The summed E-state index contributed by atoms with van der Waals surface area (Å²) in [5.74, 6) is 0.815. The van der Waals surface area contributed by atoms with E-state index in [0.29, 0.717) is 49.4 Å². The van der Waals surface area contributed by atoms with Gasteiger partial charge in [0, 0.05) is 23.6 Å². The first-order chi connectivity index (χ1) is 17.7. The molecule has 202 valence electrons. The predicted molar refractivity (Wildman–Crippen MR) is 137 cm³/mol. The number of hydrogen-bond acceptors (Lipinski definition) is 7. The summed E-state index contributed by atoms with van der Waals surface area (Å²) in [6.45, 7) is 4.18. The average Bonchev–Trinajstić information content (AvgIpc) is 3.41. The van der Waals surface area contributed by atoms with Gasteiger partial charge in [0.05, 0.1) is 32.6 Å². The molecular weight excluding hydrogens is 476 g/mol. The van der Waals surface area contributed by atoms with Crippen LogP contribution in [0, 0.1) is 22.7 Å². The fourth-order valence-corrected chi connectivity index (χ4v) is 6.63. The van der Waals surface area contributed by atoms with E-state index < -0.39 is 29.1 Å². The minimum atomic E-state index is -0.720. The van der Waals surface area contributed by atoms with Crippen LogP contribution in [0.15, 0.2) is 47.1 Å². The zero-order valence-corrected chi connectivity index (χ0v) is 21.7. The largest absolute Gasteiger partial charge is 0.497 e. The summed E-state index contributed by atoms with van der Waals surface area (Å²) in [6, 6.07) is 10.6. The normalized spacial score (nSPS) is 31.2. The van der Waals surface area contributed by atoms with E-state index in [0.717, 1.165) is 0 Å². The number of amides is 2. The van der Waals surface area contributed by atoms with Gasteiger partial charge in [-0.1, -0.05) is 19.9 Å². The molecule has 0 spiro atoms. The Kier molecular flexibility index (Phi) is 8.14. The second-order valence-corrected chi connectivity index (χ2v) is 10.8. The smallest absolute Gasteiger partial charge is 0.411 e. The Morgan fingerprint density at radius 3 is 2.68 bits per heavy atom. The number of methoxy groups -OCH3 is 1. The Morgan fingerprint density at radius 2 is 1.97 bits per heavy atom. The zero-order chi connectivity index (χ0) is 26.6. The van der Waals surface area contributed by atoms with Crippen molar-refractivity contribution in [3.63, 3.8) is 0 Å². The van der Waals surface area contributed by atoms with Crippen molar-refractivity contribution in [2.24, 2.45) is 22.7 Å². The van der Waals surface area contributed by atoms with E-state index in [1.54, 1.807) is 49.8 Å². The van der Waals surface area contributed by atoms with Gasteiger partial charge in [-0.25, -0.2) is 4.79 Å². The van der Waals surface area contributed by atoms with Gasteiger partial charge in [0.2, 0.25) is 5.91 Å². The Morgan fingerprint density at radius 1 is 1.16 bits per heavy atom. The fraction of sp³-hybridized carbons (Fsp3) is 0.571. The third-order valence-corrected chi connectivity index (χ3v) is 8.69. The number of benzene rings is 1. The Balaban J connectivity index is 1.45. The highest BCUT2D eigenvalue weighted by atomic mass is 16.6. The van der Waals surface area contributed by atoms with E-state index in [1.807, 2.05) is 6.92 Å². The lowest BCUT2D eigenvalue weighted by Crippen LogP contribution is -2.61. The van der Waals surface area contributed by atoms with Crippen LogP contribution in [-0.4, -0.2) is 48.1 Å². The van der Waals surface area contributed by atoms with Crippen LogP contribution < -0.4 is 15.4 Å². The molecule has 4 N–H and O–H groups in total.